The second-order valence-electron chi connectivity index (χ2n) is 3.00. The molecule has 0 unspecified atom stereocenters. The summed E-state index contributed by atoms with van der Waals surface area (Å²) in [6, 6.07) is 1.92. The predicted octanol–water partition coefficient (Wildman–Crippen LogP) is -1.71. The summed E-state index contributed by atoms with van der Waals surface area (Å²) >= 11 is 0. The third kappa shape index (κ3) is 1.48. The van der Waals surface area contributed by atoms with Gasteiger partial charge in [-0.2, -0.15) is 5.26 Å². The molecule has 8 heteroatoms. The Hall–Kier alpha value is -2.11. The zero-order valence-electron chi connectivity index (χ0n) is 8.32. The number of nitrogens with zero attached hydrogens (tertiary/aromatic N) is 4. The summed E-state index contributed by atoms with van der Waals surface area (Å²) in [5, 5.41) is 26.9. The van der Waals surface area contributed by atoms with E-state index in [1.165, 1.54) is 23.9 Å². The van der Waals surface area contributed by atoms with E-state index in [9.17, 15) is 0 Å². The van der Waals surface area contributed by atoms with Crippen molar-refractivity contribution in [1.82, 2.24) is 14.4 Å². The number of methoxy groups -OCH3 is 1. The Kier molecular flexibility index (Phi) is 2.48. The van der Waals surface area contributed by atoms with Gasteiger partial charge in [-0.25, -0.2) is 9.97 Å². The Morgan fingerprint density at radius 1 is 1.56 bits per heavy atom. The quantitative estimate of drug-likeness (QED) is 0.581. The topological polar surface area (TPSA) is 104 Å². The van der Waals surface area contributed by atoms with Gasteiger partial charge in [-0.15, -0.1) is 0 Å². The van der Waals surface area contributed by atoms with Crippen molar-refractivity contribution in [2.45, 2.75) is 0 Å². The number of imidazole rings is 1. The Morgan fingerprint density at radius 2 is 2.31 bits per heavy atom. The average Bonchev–Trinajstić information content (AvgIpc) is 2.70. The first-order valence-electron chi connectivity index (χ1n) is 4.35. The Balaban J connectivity index is 2.77. The third-order valence-electron chi connectivity index (χ3n) is 2.05. The van der Waals surface area contributed by atoms with Gasteiger partial charge in [0.25, 0.3) is 5.88 Å². The van der Waals surface area contributed by atoms with Crippen LogP contribution < -0.4 is 10.3 Å². The first-order chi connectivity index (χ1) is 7.67. The van der Waals surface area contributed by atoms with Crippen LogP contribution in [0.5, 0.6) is 5.88 Å². The lowest BCUT2D eigenvalue weighted by Gasteiger charge is -2.05. The molecule has 0 atom stereocenters. The molecule has 16 heavy (non-hydrogen) atoms. The fourth-order valence-electron chi connectivity index (χ4n) is 1.32. The van der Waals surface area contributed by atoms with Crippen LogP contribution >= 0.6 is 0 Å². The lowest BCUT2D eigenvalue weighted by atomic mass is 9.87. The molecule has 0 aliphatic carbocycles. The van der Waals surface area contributed by atoms with Crippen LogP contribution in [0.4, 0.5) is 0 Å². The summed E-state index contributed by atoms with van der Waals surface area (Å²) < 4.78 is 6.34. The second kappa shape index (κ2) is 3.81. The van der Waals surface area contributed by atoms with Crippen molar-refractivity contribution in [2.75, 3.05) is 7.11 Å². The molecule has 0 aliphatic rings. The second-order valence-corrected chi connectivity index (χ2v) is 3.00. The fourth-order valence-corrected chi connectivity index (χ4v) is 1.32. The molecule has 0 aromatic carbocycles. The lowest BCUT2D eigenvalue weighted by Crippen LogP contribution is -2.34. The number of hydrogen-bond acceptors (Lipinski definition) is 6. The summed E-state index contributed by atoms with van der Waals surface area (Å²) in [4.78, 5) is 7.80. The molecule has 2 aromatic heterocycles. The molecule has 0 aliphatic heterocycles. The van der Waals surface area contributed by atoms with Gasteiger partial charge < -0.3 is 14.8 Å². The van der Waals surface area contributed by atoms with Crippen molar-refractivity contribution < 1.29 is 14.8 Å². The van der Waals surface area contributed by atoms with E-state index in [0.717, 1.165) is 0 Å². The molecule has 2 rings (SSSR count). The third-order valence-corrected chi connectivity index (χ3v) is 2.05. The lowest BCUT2D eigenvalue weighted by molar-refractivity contribution is 0.396. The monoisotopic (exact) mass is 218 g/mol. The number of hydrogen-bond donors (Lipinski definition) is 2. The van der Waals surface area contributed by atoms with Crippen molar-refractivity contribution in [3.8, 4) is 11.9 Å². The zero-order chi connectivity index (χ0) is 11.7. The predicted molar refractivity (Wildman–Crippen MR) is 54.1 cm³/mol. The van der Waals surface area contributed by atoms with Gasteiger partial charge >= 0.3 is 7.12 Å². The molecule has 80 valence electrons. The highest BCUT2D eigenvalue weighted by atomic mass is 16.5. The minimum atomic E-state index is -1.73. The number of fused-ring (bicyclic) bond motifs is 1. The summed E-state index contributed by atoms with van der Waals surface area (Å²) in [5.41, 5.74) is 0.597. The highest BCUT2D eigenvalue weighted by molar-refractivity contribution is 6.57. The van der Waals surface area contributed by atoms with E-state index in [1.807, 2.05) is 6.07 Å². The van der Waals surface area contributed by atoms with Crippen LogP contribution in [0.3, 0.4) is 0 Å². The van der Waals surface area contributed by atoms with Crippen molar-refractivity contribution >= 4 is 18.4 Å². The van der Waals surface area contributed by atoms with Crippen LogP contribution in [0.2, 0.25) is 0 Å². The molecule has 0 saturated carbocycles. The van der Waals surface area contributed by atoms with E-state index < -0.39 is 7.12 Å². The van der Waals surface area contributed by atoms with E-state index in [-0.39, 0.29) is 17.2 Å². The van der Waals surface area contributed by atoms with Crippen LogP contribution in [0.15, 0.2) is 12.4 Å². The molecule has 2 N–H and O–H groups in total. The Bertz CT molecular complexity index is 574. The van der Waals surface area contributed by atoms with E-state index in [4.69, 9.17) is 20.0 Å². The highest BCUT2D eigenvalue weighted by Crippen LogP contribution is 2.14. The van der Waals surface area contributed by atoms with Gasteiger partial charge in [0.15, 0.2) is 0 Å². The molecule has 0 fully saturated rings. The molecular formula is C8H7BN4O3. The van der Waals surface area contributed by atoms with Gasteiger partial charge in [0.05, 0.1) is 18.9 Å². The van der Waals surface area contributed by atoms with Gasteiger partial charge in [-0.3, -0.25) is 4.40 Å². The molecule has 2 heterocycles. The Labute approximate surface area is 90.7 Å². The maximum atomic E-state index is 9.03. The van der Waals surface area contributed by atoms with Crippen molar-refractivity contribution in [2.24, 2.45) is 0 Å². The standard InChI is InChI=1S/C8H7BN4O3/c1-16-8-7-11-3-5(2-10)13(7)4-6(12-8)9(14)15/h3-4,14-15H,1H3. The van der Waals surface area contributed by atoms with Crippen LogP contribution in [-0.4, -0.2) is 38.6 Å². The molecule has 0 saturated heterocycles. The first-order valence-corrected chi connectivity index (χ1v) is 4.35. The molecule has 0 bridgehead atoms. The smallest absolute Gasteiger partial charge is 0.478 e. The van der Waals surface area contributed by atoms with Gasteiger partial charge in [0, 0.05) is 6.20 Å². The molecule has 0 amide bonds. The van der Waals surface area contributed by atoms with Gasteiger partial charge in [0.1, 0.15) is 11.8 Å². The molecule has 7 nitrogen and oxygen atoms in total. The minimum absolute atomic E-state index is 0.0150. The van der Waals surface area contributed by atoms with Crippen LogP contribution in [0.25, 0.3) is 5.65 Å². The number of nitriles is 1. The molecule has 0 radical (unpaired) electrons. The first kappa shape index (κ1) is 10.4. The van der Waals surface area contributed by atoms with Crippen LogP contribution in [0, 0.1) is 11.3 Å². The van der Waals surface area contributed by atoms with E-state index in [0.29, 0.717) is 5.65 Å². The van der Waals surface area contributed by atoms with Gasteiger partial charge in [0.2, 0.25) is 5.65 Å². The zero-order valence-corrected chi connectivity index (χ0v) is 8.32. The van der Waals surface area contributed by atoms with Crippen molar-refractivity contribution in [1.29, 1.82) is 5.26 Å². The molecule has 0 spiro atoms. The summed E-state index contributed by atoms with van der Waals surface area (Å²) in [6.45, 7) is 0. The summed E-state index contributed by atoms with van der Waals surface area (Å²) in [5.74, 6) is 0.132. The number of rotatable bonds is 2. The normalized spacial score (nSPS) is 10.1. The minimum Gasteiger partial charge on any atom is -0.478 e. The fraction of sp³-hybridized carbons (Fsp3) is 0.125. The van der Waals surface area contributed by atoms with Gasteiger partial charge in [-0.1, -0.05) is 0 Å². The number of aromatic nitrogens is 3. The van der Waals surface area contributed by atoms with E-state index >= 15 is 0 Å². The molecular weight excluding hydrogens is 211 g/mol. The van der Waals surface area contributed by atoms with Gasteiger partial charge in [-0.05, 0) is 0 Å². The summed E-state index contributed by atoms with van der Waals surface area (Å²) in [7, 11) is -0.344. The summed E-state index contributed by atoms with van der Waals surface area (Å²) in [6.07, 6.45) is 2.68. The SMILES string of the molecule is COc1nc(B(O)O)cn2c(C#N)cnc12. The van der Waals surface area contributed by atoms with Crippen molar-refractivity contribution in [3.05, 3.63) is 18.1 Å². The number of ether oxygens (including phenoxy) is 1. The highest BCUT2D eigenvalue weighted by Gasteiger charge is 2.18. The molecule has 2 aromatic rings. The van der Waals surface area contributed by atoms with E-state index in [1.54, 1.807) is 0 Å². The maximum Gasteiger partial charge on any atom is 0.509 e. The largest absolute Gasteiger partial charge is 0.509 e. The van der Waals surface area contributed by atoms with E-state index in [2.05, 4.69) is 9.97 Å². The van der Waals surface area contributed by atoms with Crippen LogP contribution in [-0.2, 0) is 0 Å². The van der Waals surface area contributed by atoms with Crippen molar-refractivity contribution in [3.63, 3.8) is 0 Å². The average molecular weight is 218 g/mol. The van der Waals surface area contributed by atoms with Crippen LogP contribution in [0.1, 0.15) is 5.69 Å². The maximum absolute atomic E-state index is 9.03. The Morgan fingerprint density at radius 3 is 2.88 bits per heavy atom.